The van der Waals surface area contributed by atoms with Gasteiger partial charge in [0.1, 0.15) is 23.6 Å². The summed E-state index contributed by atoms with van der Waals surface area (Å²) in [5, 5.41) is 0.941. The molecule has 1 heterocycles. The molecule has 23 heavy (non-hydrogen) atoms. The first-order valence-corrected chi connectivity index (χ1v) is 7.05. The highest BCUT2D eigenvalue weighted by atomic mass is 35.5. The average Bonchev–Trinajstić information content (AvgIpc) is 2.55. The van der Waals surface area contributed by atoms with Gasteiger partial charge in [-0.05, 0) is 48.0 Å². The molecule has 0 saturated carbocycles. The van der Waals surface area contributed by atoms with Gasteiger partial charge in [-0.15, -0.1) is 0 Å². The van der Waals surface area contributed by atoms with Gasteiger partial charge in [-0.3, -0.25) is 0 Å². The molecule has 116 valence electrons. The molecule has 0 aliphatic rings. The molecule has 1 aromatic heterocycles. The van der Waals surface area contributed by atoms with Gasteiger partial charge < -0.3 is 9.15 Å². The zero-order valence-electron chi connectivity index (χ0n) is 11.7. The summed E-state index contributed by atoms with van der Waals surface area (Å²) in [6.45, 7) is -0.653. The molecule has 4 nitrogen and oxygen atoms in total. The third-order valence-corrected chi connectivity index (χ3v) is 3.45. The van der Waals surface area contributed by atoms with Crippen LogP contribution < -0.4 is 10.4 Å². The second-order valence-electron chi connectivity index (χ2n) is 4.80. The van der Waals surface area contributed by atoms with E-state index in [1.807, 2.05) is 0 Å². The summed E-state index contributed by atoms with van der Waals surface area (Å²) < 4.78 is 22.9. The summed E-state index contributed by atoms with van der Waals surface area (Å²) in [5.74, 6) is -0.606. The molecule has 0 fully saturated rings. The summed E-state index contributed by atoms with van der Waals surface area (Å²) in [4.78, 5) is 24.0. The van der Waals surface area contributed by atoms with Crippen molar-refractivity contribution in [3.63, 3.8) is 0 Å². The van der Waals surface area contributed by atoms with Gasteiger partial charge in [0.15, 0.2) is 0 Å². The second-order valence-corrected chi connectivity index (χ2v) is 5.23. The van der Waals surface area contributed by atoms with Crippen molar-refractivity contribution in [1.29, 1.82) is 0 Å². The van der Waals surface area contributed by atoms with Gasteiger partial charge in [-0.2, -0.15) is 0 Å². The monoisotopic (exact) mass is 332 g/mol. The molecule has 0 radical (unpaired) electrons. The van der Waals surface area contributed by atoms with Gasteiger partial charge in [0.05, 0.1) is 0 Å². The van der Waals surface area contributed by atoms with Gasteiger partial charge in [0.2, 0.25) is 0 Å². The van der Waals surface area contributed by atoms with E-state index in [4.69, 9.17) is 20.8 Å². The normalized spacial score (nSPS) is 10.7. The van der Waals surface area contributed by atoms with Gasteiger partial charge in [-0.25, -0.2) is 14.0 Å². The van der Waals surface area contributed by atoms with E-state index in [2.05, 4.69) is 0 Å². The van der Waals surface area contributed by atoms with E-state index in [-0.39, 0.29) is 16.9 Å². The fourth-order valence-electron chi connectivity index (χ4n) is 2.06. The minimum atomic E-state index is -0.853. The first-order chi connectivity index (χ1) is 11.1. The largest absolute Gasteiger partial charge is 0.423 e. The number of hydrogen-bond acceptors (Lipinski definition) is 4. The molecule has 0 bridgehead atoms. The smallest absolute Gasteiger partial charge is 0.351 e. The van der Waals surface area contributed by atoms with E-state index < -0.39 is 18.3 Å². The highest BCUT2D eigenvalue weighted by Gasteiger charge is 2.16. The lowest BCUT2D eigenvalue weighted by atomic mass is 10.1. The standard InChI is InChI=1S/C17H10ClFO4/c18-12-2-4-13(5-3-12)22-16(20)14-8-11-7-10(9-19)1-6-15(11)23-17(14)21/h1-8H,9H2. The molecule has 3 rings (SSSR count). The fourth-order valence-corrected chi connectivity index (χ4v) is 2.19. The van der Waals surface area contributed by atoms with Gasteiger partial charge in [-0.1, -0.05) is 17.7 Å². The molecular formula is C17H10ClFO4. The number of ether oxygens (including phenoxy) is 1. The van der Waals surface area contributed by atoms with Crippen LogP contribution in [0.3, 0.4) is 0 Å². The van der Waals surface area contributed by atoms with Crippen molar-refractivity contribution >= 4 is 28.5 Å². The van der Waals surface area contributed by atoms with Crippen molar-refractivity contribution < 1.29 is 18.3 Å². The van der Waals surface area contributed by atoms with Crippen molar-refractivity contribution in [2.24, 2.45) is 0 Å². The Morgan fingerprint density at radius 3 is 2.57 bits per heavy atom. The predicted octanol–water partition coefficient (Wildman–Crippen LogP) is 4.14. The van der Waals surface area contributed by atoms with Crippen LogP contribution in [0, 0.1) is 0 Å². The van der Waals surface area contributed by atoms with Crippen LogP contribution >= 0.6 is 11.6 Å². The summed E-state index contributed by atoms with van der Waals surface area (Å²) in [5.41, 5.74) is -0.383. The number of carbonyl (C=O) groups is 1. The molecule has 0 saturated heterocycles. The van der Waals surface area contributed by atoms with Crippen molar-refractivity contribution in [2.75, 3.05) is 0 Å². The maximum absolute atomic E-state index is 12.7. The van der Waals surface area contributed by atoms with Crippen LogP contribution in [0.15, 0.2) is 57.7 Å². The number of halogens is 2. The number of esters is 1. The number of benzene rings is 2. The van der Waals surface area contributed by atoms with Crippen molar-refractivity contribution in [3.8, 4) is 5.75 Å². The van der Waals surface area contributed by atoms with Crippen molar-refractivity contribution in [1.82, 2.24) is 0 Å². The van der Waals surface area contributed by atoms with E-state index in [0.29, 0.717) is 16.0 Å². The maximum Gasteiger partial charge on any atom is 0.351 e. The Balaban J connectivity index is 1.97. The molecule has 0 N–H and O–H groups in total. The molecule has 0 aliphatic heterocycles. The Labute approximate surface area is 135 Å². The van der Waals surface area contributed by atoms with E-state index in [9.17, 15) is 14.0 Å². The van der Waals surface area contributed by atoms with Crippen molar-refractivity contribution in [3.05, 3.63) is 75.1 Å². The summed E-state index contributed by atoms with van der Waals surface area (Å²) in [6, 6.07) is 12.0. The number of rotatable bonds is 3. The van der Waals surface area contributed by atoms with Crippen LogP contribution in [0.1, 0.15) is 15.9 Å². The third-order valence-electron chi connectivity index (χ3n) is 3.20. The molecule has 2 aromatic carbocycles. The molecule has 3 aromatic rings. The van der Waals surface area contributed by atoms with E-state index in [1.54, 1.807) is 12.1 Å². The maximum atomic E-state index is 12.7. The average molecular weight is 333 g/mol. The van der Waals surface area contributed by atoms with Crippen LogP contribution in [0.5, 0.6) is 5.75 Å². The van der Waals surface area contributed by atoms with Gasteiger partial charge in [0.25, 0.3) is 0 Å². The quantitative estimate of drug-likeness (QED) is 0.411. The highest BCUT2D eigenvalue weighted by Crippen LogP contribution is 2.19. The lowest BCUT2D eigenvalue weighted by Gasteiger charge is -2.05. The van der Waals surface area contributed by atoms with E-state index in [0.717, 1.165) is 0 Å². The Morgan fingerprint density at radius 2 is 1.87 bits per heavy atom. The lowest BCUT2D eigenvalue weighted by Crippen LogP contribution is -2.18. The van der Waals surface area contributed by atoms with Crippen LogP contribution in [0.2, 0.25) is 5.02 Å². The molecule has 0 spiro atoms. The minimum Gasteiger partial charge on any atom is -0.423 e. The first-order valence-electron chi connectivity index (χ1n) is 6.67. The van der Waals surface area contributed by atoms with Gasteiger partial charge >= 0.3 is 11.6 Å². The van der Waals surface area contributed by atoms with Crippen LogP contribution in [0.25, 0.3) is 11.0 Å². The molecule has 6 heteroatoms. The molecular weight excluding hydrogens is 323 g/mol. The van der Waals surface area contributed by atoms with E-state index >= 15 is 0 Å². The van der Waals surface area contributed by atoms with Crippen molar-refractivity contribution in [2.45, 2.75) is 6.67 Å². The summed E-state index contributed by atoms with van der Waals surface area (Å²) >= 11 is 5.75. The predicted molar refractivity (Wildman–Crippen MR) is 83.7 cm³/mol. The molecule has 0 atom stereocenters. The summed E-state index contributed by atoms with van der Waals surface area (Å²) in [7, 11) is 0. The molecule has 0 unspecified atom stereocenters. The number of alkyl halides is 1. The van der Waals surface area contributed by atoms with Crippen LogP contribution in [-0.4, -0.2) is 5.97 Å². The fraction of sp³-hybridized carbons (Fsp3) is 0.0588. The number of fused-ring (bicyclic) bond motifs is 1. The third kappa shape index (κ3) is 3.24. The minimum absolute atomic E-state index is 0.247. The molecule has 0 amide bonds. The lowest BCUT2D eigenvalue weighted by molar-refractivity contribution is 0.0730. The number of carbonyl (C=O) groups excluding carboxylic acids is 1. The van der Waals surface area contributed by atoms with Crippen LogP contribution in [0.4, 0.5) is 4.39 Å². The Hall–Kier alpha value is -2.66. The Bertz CT molecular complexity index is 931. The topological polar surface area (TPSA) is 56.5 Å². The highest BCUT2D eigenvalue weighted by molar-refractivity contribution is 6.30. The zero-order valence-corrected chi connectivity index (χ0v) is 12.5. The summed E-state index contributed by atoms with van der Waals surface area (Å²) in [6.07, 6.45) is 0. The van der Waals surface area contributed by atoms with Crippen LogP contribution in [-0.2, 0) is 6.67 Å². The van der Waals surface area contributed by atoms with E-state index in [1.165, 1.54) is 36.4 Å². The molecule has 0 aliphatic carbocycles. The second kappa shape index (κ2) is 6.22. The number of hydrogen-bond donors (Lipinski definition) is 0. The Morgan fingerprint density at radius 1 is 1.13 bits per heavy atom. The SMILES string of the molecule is O=C(Oc1ccc(Cl)cc1)c1cc2cc(CF)ccc2oc1=O. The van der Waals surface area contributed by atoms with Gasteiger partial charge in [0, 0.05) is 10.4 Å². The Kier molecular flexibility index (Phi) is 4.12. The zero-order chi connectivity index (χ0) is 16.4. The first kappa shape index (κ1) is 15.2.